The first-order valence-corrected chi connectivity index (χ1v) is 13.4. The van der Waals surface area contributed by atoms with E-state index in [2.05, 4.69) is 5.32 Å². The number of nitrogens with one attached hydrogen (secondary N) is 1. The maximum atomic E-state index is 13.4. The van der Waals surface area contributed by atoms with Crippen LogP contribution in [0.1, 0.15) is 59.1 Å². The minimum absolute atomic E-state index is 0.0695. The number of hydrogen-bond acceptors (Lipinski definition) is 7. The number of carbonyl (C=O) groups excluding carboxylic acids is 2. The number of allylic oxidation sites excluding steroid dienone is 1. The maximum absolute atomic E-state index is 13.4. The van der Waals surface area contributed by atoms with Crippen LogP contribution < -0.4 is 10.1 Å². The molecule has 2 heterocycles. The van der Waals surface area contributed by atoms with E-state index >= 15 is 0 Å². The van der Waals surface area contributed by atoms with Crippen molar-refractivity contribution < 1.29 is 19.1 Å². The van der Waals surface area contributed by atoms with E-state index in [-0.39, 0.29) is 24.5 Å². The van der Waals surface area contributed by atoms with Gasteiger partial charge in [-0.2, -0.15) is 0 Å². The van der Waals surface area contributed by atoms with Crippen molar-refractivity contribution >= 4 is 28.8 Å². The van der Waals surface area contributed by atoms with Crippen LogP contribution in [0.4, 0.5) is 0 Å². The molecule has 0 saturated carbocycles. The van der Waals surface area contributed by atoms with Gasteiger partial charge < -0.3 is 19.7 Å². The molecule has 1 amide bonds. The molecule has 2 atom stereocenters. The number of esters is 1. The number of thioether (sulfide) groups is 1. The summed E-state index contributed by atoms with van der Waals surface area (Å²) in [6.07, 6.45) is 0.745. The van der Waals surface area contributed by atoms with E-state index in [1.165, 1.54) is 11.8 Å². The molecule has 0 bridgehead atoms. The van der Waals surface area contributed by atoms with Crippen LogP contribution in [-0.2, 0) is 14.3 Å². The lowest BCUT2D eigenvalue weighted by molar-refractivity contribution is -0.143. The van der Waals surface area contributed by atoms with Crippen LogP contribution in [0.5, 0.6) is 11.5 Å². The number of ether oxygens (including phenoxy) is 2. The standard InChI is InChI=1S/C29H33N3O4S/c1-6-19(4)30-25(33)16-22-17-37-29-31-20(5)26(28(34)35-18(2)3)27(32(22)29)21-11-10-14-24(15-21)36-23-12-8-7-9-13-23/h7-15,17-19,27H,6,16H2,1-5H3,(H,30,33)/t19-,27+/m0/s1. The summed E-state index contributed by atoms with van der Waals surface area (Å²) in [5.74, 6) is 0.875. The van der Waals surface area contributed by atoms with Gasteiger partial charge in [0.15, 0.2) is 5.17 Å². The van der Waals surface area contributed by atoms with Crippen molar-refractivity contribution in [3.8, 4) is 11.5 Å². The zero-order chi connectivity index (χ0) is 26.5. The predicted octanol–water partition coefficient (Wildman–Crippen LogP) is 6.31. The highest BCUT2D eigenvalue weighted by molar-refractivity contribution is 8.16. The predicted molar refractivity (Wildman–Crippen MR) is 147 cm³/mol. The van der Waals surface area contributed by atoms with E-state index in [0.29, 0.717) is 17.0 Å². The molecule has 2 aliphatic rings. The van der Waals surface area contributed by atoms with Gasteiger partial charge in [0.25, 0.3) is 0 Å². The molecule has 0 saturated heterocycles. The Morgan fingerprint density at radius 1 is 1.08 bits per heavy atom. The molecule has 0 radical (unpaired) electrons. The molecule has 2 aromatic rings. The maximum Gasteiger partial charge on any atom is 0.338 e. The number of fused-ring (bicyclic) bond motifs is 1. The quantitative estimate of drug-likeness (QED) is 0.391. The molecule has 2 aromatic carbocycles. The summed E-state index contributed by atoms with van der Waals surface area (Å²) < 4.78 is 11.7. The number of aliphatic imine (C=N–C) groups is 1. The van der Waals surface area contributed by atoms with Gasteiger partial charge in [-0.15, -0.1) is 0 Å². The van der Waals surface area contributed by atoms with Crippen LogP contribution in [0.25, 0.3) is 0 Å². The average Bonchev–Trinajstić information content (AvgIpc) is 3.24. The van der Waals surface area contributed by atoms with E-state index in [1.54, 1.807) is 0 Å². The number of amidine groups is 1. The first-order chi connectivity index (χ1) is 17.8. The van der Waals surface area contributed by atoms with Crippen LogP contribution in [0, 0.1) is 0 Å². The number of nitrogens with zero attached hydrogens (tertiary/aromatic N) is 2. The third kappa shape index (κ3) is 6.25. The molecule has 0 spiro atoms. The monoisotopic (exact) mass is 519 g/mol. The minimum Gasteiger partial charge on any atom is -0.459 e. The molecule has 4 rings (SSSR count). The summed E-state index contributed by atoms with van der Waals surface area (Å²) in [5.41, 5.74) is 2.67. The van der Waals surface area contributed by atoms with Gasteiger partial charge in [-0.3, -0.25) is 4.79 Å². The molecular weight excluding hydrogens is 486 g/mol. The van der Waals surface area contributed by atoms with Gasteiger partial charge >= 0.3 is 5.97 Å². The second-order valence-electron chi connectivity index (χ2n) is 9.39. The molecule has 8 heteroatoms. The van der Waals surface area contributed by atoms with Gasteiger partial charge in [-0.1, -0.05) is 49.0 Å². The van der Waals surface area contributed by atoms with Crippen molar-refractivity contribution in [1.82, 2.24) is 10.2 Å². The smallest absolute Gasteiger partial charge is 0.338 e. The molecule has 0 aliphatic carbocycles. The first kappa shape index (κ1) is 26.5. The van der Waals surface area contributed by atoms with Crippen LogP contribution in [0.15, 0.2) is 82.0 Å². The van der Waals surface area contributed by atoms with E-state index in [0.717, 1.165) is 28.6 Å². The molecular formula is C29H33N3O4S. The Bertz CT molecular complexity index is 1250. The summed E-state index contributed by atoms with van der Waals surface area (Å²) in [5, 5.41) is 5.70. The molecule has 1 N–H and O–H groups in total. The van der Waals surface area contributed by atoms with Gasteiger partial charge in [0.05, 0.1) is 29.8 Å². The molecule has 0 aromatic heterocycles. The molecule has 0 unspecified atom stereocenters. The number of para-hydroxylation sites is 1. The van der Waals surface area contributed by atoms with Crippen molar-refractivity contribution in [3.63, 3.8) is 0 Å². The van der Waals surface area contributed by atoms with Gasteiger partial charge in [0.1, 0.15) is 11.5 Å². The SMILES string of the molecule is CC[C@H](C)NC(=O)CC1=CSC2=NC(C)=C(C(=O)OC(C)C)[C@@H](c3cccc(Oc4ccccc4)c3)N12. The van der Waals surface area contributed by atoms with Gasteiger partial charge in [0.2, 0.25) is 5.91 Å². The summed E-state index contributed by atoms with van der Waals surface area (Å²) >= 11 is 1.45. The highest BCUT2D eigenvalue weighted by Crippen LogP contribution is 2.45. The molecule has 0 fully saturated rings. The highest BCUT2D eigenvalue weighted by Gasteiger charge is 2.41. The van der Waals surface area contributed by atoms with Gasteiger partial charge in [-0.05, 0) is 69.4 Å². The topological polar surface area (TPSA) is 80.2 Å². The summed E-state index contributed by atoms with van der Waals surface area (Å²) in [6.45, 7) is 9.49. The molecule has 7 nitrogen and oxygen atoms in total. The van der Waals surface area contributed by atoms with Crippen molar-refractivity contribution in [2.75, 3.05) is 0 Å². The largest absolute Gasteiger partial charge is 0.459 e. The zero-order valence-electron chi connectivity index (χ0n) is 21.9. The van der Waals surface area contributed by atoms with Crippen LogP contribution >= 0.6 is 11.8 Å². The van der Waals surface area contributed by atoms with E-state index in [4.69, 9.17) is 14.5 Å². The average molecular weight is 520 g/mol. The summed E-state index contributed by atoms with van der Waals surface area (Å²) in [7, 11) is 0. The second-order valence-corrected chi connectivity index (χ2v) is 10.2. The van der Waals surface area contributed by atoms with Crippen molar-refractivity contribution in [1.29, 1.82) is 0 Å². The Hall–Kier alpha value is -3.52. The van der Waals surface area contributed by atoms with E-state index in [1.807, 2.05) is 99.5 Å². The Labute approximate surface area is 222 Å². The third-order valence-electron chi connectivity index (χ3n) is 6.08. The number of rotatable bonds is 9. The number of benzene rings is 2. The van der Waals surface area contributed by atoms with Crippen molar-refractivity contribution in [2.45, 2.75) is 65.6 Å². The Morgan fingerprint density at radius 3 is 2.51 bits per heavy atom. The zero-order valence-corrected chi connectivity index (χ0v) is 22.7. The highest BCUT2D eigenvalue weighted by atomic mass is 32.2. The Kier molecular flexibility index (Phi) is 8.38. The minimum atomic E-state index is -0.518. The fraction of sp³-hybridized carbons (Fsp3) is 0.345. The lowest BCUT2D eigenvalue weighted by Gasteiger charge is -2.36. The molecule has 2 aliphatic heterocycles. The normalized spacial score (nSPS) is 17.7. The fourth-order valence-electron chi connectivity index (χ4n) is 4.19. The van der Waals surface area contributed by atoms with E-state index in [9.17, 15) is 9.59 Å². The third-order valence-corrected chi connectivity index (χ3v) is 6.97. The lowest BCUT2D eigenvalue weighted by Crippen LogP contribution is -2.39. The second kappa shape index (κ2) is 11.7. The molecule has 194 valence electrons. The van der Waals surface area contributed by atoms with Gasteiger partial charge in [-0.25, -0.2) is 9.79 Å². The number of hydrogen-bond donors (Lipinski definition) is 1. The first-order valence-electron chi connectivity index (χ1n) is 12.5. The van der Waals surface area contributed by atoms with Crippen molar-refractivity contribution in [2.24, 2.45) is 4.99 Å². The van der Waals surface area contributed by atoms with Crippen LogP contribution in [-0.4, -0.2) is 34.1 Å². The lowest BCUT2D eigenvalue weighted by atomic mass is 9.93. The molecule has 37 heavy (non-hydrogen) atoms. The summed E-state index contributed by atoms with van der Waals surface area (Å²) in [4.78, 5) is 32.9. The van der Waals surface area contributed by atoms with E-state index < -0.39 is 12.0 Å². The summed E-state index contributed by atoms with van der Waals surface area (Å²) in [6, 6.07) is 16.8. The number of carbonyl (C=O) groups is 2. The van der Waals surface area contributed by atoms with Crippen LogP contribution in [0.3, 0.4) is 0 Å². The van der Waals surface area contributed by atoms with Gasteiger partial charge in [0, 0.05) is 11.7 Å². The Balaban J connectivity index is 1.72. The van der Waals surface area contributed by atoms with Crippen molar-refractivity contribution in [3.05, 3.63) is 82.5 Å². The Morgan fingerprint density at radius 2 is 1.81 bits per heavy atom. The van der Waals surface area contributed by atoms with Crippen LogP contribution in [0.2, 0.25) is 0 Å². The number of amides is 1. The fourth-order valence-corrected chi connectivity index (χ4v) is 5.15.